The predicted molar refractivity (Wildman–Crippen MR) is 59.2 cm³/mol. The van der Waals surface area contributed by atoms with Crippen molar-refractivity contribution in [3.05, 3.63) is 41.3 Å². The minimum Gasteiger partial charge on any atom is -0.330 e. The lowest BCUT2D eigenvalue weighted by Crippen LogP contribution is -2.03. The minimum atomic E-state index is -0.264. The summed E-state index contributed by atoms with van der Waals surface area (Å²) in [5.74, 6) is -0.264. The van der Waals surface area contributed by atoms with Crippen molar-refractivity contribution >= 4 is 10.9 Å². The monoisotopic (exact) mass is 204 g/mol. The third-order valence-corrected chi connectivity index (χ3v) is 2.51. The first-order valence-electron chi connectivity index (χ1n) is 4.96. The number of hydrogen-bond donors (Lipinski definition) is 1. The summed E-state index contributed by atoms with van der Waals surface area (Å²) in [5.41, 5.74) is 7.86. The van der Waals surface area contributed by atoms with E-state index < -0.39 is 0 Å². The maximum absolute atomic E-state index is 13.6. The molecule has 15 heavy (non-hydrogen) atoms. The van der Waals surface area contributed by atoms with Gasteiger partial charge in [-0.1, -0.05) is 0 Å². The van der Waals surface area contributed by atoms with Gasteiger partial charge >= 0.3 is 0 Å². The van der Waals surface area contributed by atoms with Gasteiger partial charge in [0, 0.05) is 11.6 Å². The van der Waals surface area contributed by atoms with Gasteiger partial charge in [0.15, 0.2) is 0 Å². The molecule has 0 amide bonds. The van der Waals surface area contributed by atoms with Gasteiger partial charge in [0.2, 0.25) is 0 Å². The Balaban J connectivity index is 2.68. The van der Waals surface area contributed by atoms with E-state index in [0.717, 1.165) is 16.5 Å². The van der Waals surface area contributed by atoms with Crippen molar-refractivity contribution in [2.75, 3.05) is 6.54 Å². The molecule has 2 N–H and O–H groups in total. The molecule has 0 aliphatic rings. The van der Waals surface area contributed by atoms with Crippen molar-refractivity contribution in [3.8, 4) is 0 Å². The second-order valence-corrected chi connectivity index (χ2v) is 3.64. The van der Waals surface area contributed by atoms with Crippen molar-refractivity contribution in [1.29, 1.82) is 0 Å². The summed E-state index contributed by atoms with van der Waals surface area (Å²) in [6.45, 7) is 2.49. The standard InChI is InChI=1S/C12H13FN2/c1-8-3-5-15-12-10(8)6-9(2-4-14)7-11(12)13/h3,5-7H,2,4,14H2,1H3. The molecule has 0 bridgehead atoms. The highest BCUT2D eigenvalue weighted by atomic mass is 19.1. The molecule has 3 heteroatoms. The first-order valence-corrected chi connectivity index (χ1v) is 4.96. The van der Waals surface area contributed by atoms with Gasteiger partial charge in [-0.3, -0.25) is 4.98 Å². The number of aryl methyl sites for hydroxylation is 1. The Morgan fingerprint density at radius 2 is 2.20 bits per heavy atom. The first kappa shape index (κ1) is 10.1. The van der Waals surface area contributed by atoms with Gasteiger partial charge in [0.05, 0.1) is 0 Å². The summed E-state index contributed by atoms with van der Waals surface area (Å²) in [5, 5.41) is 0.876. The SMILES string of the molecule is Cc1ccnc2c(F)cc(CCN)cc12. The van der Waals surface area contributed by atoms with Gasteiger partial charge < -0.3 is 5.73 Å². The van der Waals surface area contributed by atoms with Crippen LogP contribution in [-0.2, 0) is 6.42 Å². The molecule has 0 fully saturated rings. The lowest BCUT2D eigenvalue weighted by molar-refractivity contribution is 0.634. The number of pyridine rings is 1. The third-order valence-electron chi connectivity index (χ3n) is 2.51. The second-order valence-electron chi connectivity index (χ2n) is 3.64. The lowest BCUT2D eigenvalue weighted by atomic mass is 10.0. The van der Waals surface area contributed by atoms with Crippen LogP contribution in [0.5, 0.6) is 0 Å². The molecule has 0 radical (unpaired) electrons. The molecule has 0 saturated heterocycles. The van der Waals surface area contributed by atoms with Gasteiger partial charge in [-0.25, -0.2) is 4.39 Å². The predicted octanol–water partition coefficient (Wildman–Crippen LogP) is 2.18. The average molecular weight is 204 g/mol. The summed E-state index contributed by atoms with van der Waals surface area (Å²) in [7, 11) is 0. The quantitative estimate of drug-likeness (QED) is 0.814. The molecule has 1 aromatic heterocycles. The number of rotatable bonds is 2. The fraction of sp³-hybridized carbons (Fsp3) is 0.250. The molecular weight excluding hydrogens is 191 g/mol. The molecule has 2 rings (SSSR count). The van der Waals surface area contributed by atoms with Crippen LogP contribution in [-0.4, -0.2) is 11.5 Å². The Bertz CT molecular complexity index is 494. The molecule has 2 nitrogen and oxygen atoms in total. The van der Waals surface area contributed by atoms with E-state index in [9.17, 15) is 4.39 Å². The highest BCUT2D eigenvalue weighted by Gasteiger charge is 2.06. The van der Waals surface area contributed by atoms with Gasteiger partial charge in [-0.2, -0.15) is 0 Å². The molecule has 0 aliphatic carbocycles. The average Bonchev–Trinajstić information content (AvgIpc) is 2.20. The minimum absolute atomic E-state index is 0.264. The number of benzene rings is 1. The molecular formula is C12H13FN2. The molecule has 2 aromatic rings. The van der Waals surface area contributed by atoms with E-state index in [0.29, 0.717) is 18.5 Å². The Kier molecular flexibility index (Phi) is 2.64. The highest BCUT2D eigenvalue weighted by Crippen LogP contribution is 2.21. The fourth-order valence-electron chi connectivity index (χ4n) is 1.71. The van der Waals surface area contributed by atoms with Crippen LogP contribution >= 0.6 is 0 Å². The van der Waals surface area contributed by atoms with Gasteiger partial charge in [0.1, 0.15) is 11.3 Å². The second kappa shape index (κ2) is 3.95. The number of hydrogen-bond acceptors (Lipinski definition) is 2. The van der Waals surface area contributed by atoms with E-state index in [-0.39, 0.29) is 5.82 Å². The fourth-order valence-corrected chi connectivity index (χ4v) is 1.71. The van der Waals surface area contributed by atoms with Crippen molar-refractivity contribution in [2.24, 2.45) is 5.73 Å². The highest BCUT2D eigenvalue weighted by molar-refractivity contribution is 5.83. The molecule has 78 valence electrons. The van der Waals surface area contributed by atoms with Crippen molar-refractivity contribution in [1.82, 2.24) is 4.98 Å². The zero-order valence-corrected chi connectivity index (χ0v) is 8.63. The largest absolute Gasteiger partial charge is 0.330 e. The molecule has 0 aliphatic heterocycles. The number of halogens is 1. The molecule has 0 saturated carbocycles. The molecule has 1 heterocycles. The van der Waals surface area contributed by atoms with Crippen LogP contribution in [0.15, 0.2) is 24.4 Å². The van der Waals surface area contributed by atoms with Crippen molar-refractivity contribution < 1.29 is 4.39 Å². The zero-order chi connectivity index (χ0) is 10.8. The summed E-state index contributed by atoms with van der Waals surface area (Å²) in [6.07, 6.45) is 2.32. The number of nitrogens with two attached hydrogens (primary N) is 1. The van der Waals surface area contributed by atoms with Crippen LogP contribution in [0.2, 0.25) is 0 Å². The molecule has 1 aromatic carbocycles. The van der Waals surface area contributed by atoms with E-state index in [1.54, 1.807) is 6.20 Å². The van der Waals surface area contributed by atoms with Crippen LogP contribution < -0.4 is 5.73 Å². The third kappa shape index (κ3) is 1.83. The topological polar surface area (TPSA) is 38.9 Å². The van der Waals surface area contributed by atoms with E-state index in [1.165, 1.54) is 6.07 Å². The molecule has 0 spiro atoms. The summed E-state index contributed by atoms with van der Waals surface area (Å²) in [4.78, 5) is 4.04. The number of aromatic nitrogens is 1. The van der Waals surface area contributed by atoms with Crippen molar-refractivity contribution in [3.63, 3.8) is 0 Å². The van der Waals surface area contributed by atoms with Gasteiger partial charge in [-0.05, 0) is 49.2 Å². The summed E-state index contributed by atoms with van der Waals surface area (Å²) >= 11 is 0. The van der Waals surface area contributed by atoms with E-state index in [2.05, 4.69) is 4.98 Å². The Hall–Kier alpha value is -1.48. The van der Waals surface area contributed by atoms with Gasteiger partial charge in [0.25, 0.3) is 0 Å². The van der Waals surface area contributed by atoms with Crippen LogP contribution in [0.25, 0.3) is 10.9 Å². The zero-order valence-electron chi connectivity index (χ0n) is 8.63. The number of nitrogens with zero attached hydrogens (tertiary/aromatic N) is 1. The Morgan fingerprint density at radius 3 is 2.93 bits per heavy atom. The van der Waals surface area contributed by atoms with Gasteiger partial charge in [-0.15, -0.1) is 0 Å². The normalized spacial score (nSPS) is 10.9. The van der Waals surface area contributed by atoms with Crippen LogP contribution in [0.4, 0.5) is 4.39 Å². The van der Waals surface area contributed by atoms with Crippen molar-refractivity contribution in [2.45, 2.75) is 13.3 Å². The maximum Gasteiger partial charge on any atom is 0.149 e. The Morgan fingerprint density at radius 1 is 1.40 bits per heavy atom. The number of fused-ring (bicyclic) bond motifs is 1. The van der Waals surface area contributed by atoms with Crippen LogP contribution in [0.3, 0.4) is 0 Å². The van der Waals surface area contributed by atoms with E-state index in [4.69, 9.17) is 5.73 Å². The lowest BCUT2D eigenvalue weighted by Gasteiger charge is -2.05. The first-order chi connectivity index (χ1) is 7.22. The smallest absolute Gasteiger partial charge is 0.149 e. The van der Waals surface area contributed by atoms with E-state index >= 15 is 0 Å². The Labute approximate surface area is 87.9 Å². The molecule has 0 unspecified atom stereocenters. The maximum atomic E-state index is 13.6. The van der Waals surface area contributed by atoms with E-state index in [1.807, 2.05) is 19.1 Å². The van der Waals surface area contributed by atoms with Crippen LogP contribution in [0.1, 0.15) is 11.1 Å². The summed E-state index contributed by atoms with van der Waals surface area (Å²) in [6, 6.07) is 5.36. The van der Waals surface area contributed by atoms with Crippen LogP contribution in [0, 0.1) is 12.7 Å². The molecule has 0 atom stereocenters. The summed E-state index contributed by atoms with van der Waals surface area (Å²) < 4.78 is 13.6.